The first-order valence-electron chi connectivity index (χ1n) is 5.38. The average Bonchev–Trinajstić information content (AvgIpc) is 2.68. The van der Waals surface area contributed by atoms with Gasteiger partial charge in [0.2, 0.25) is 0 Å². The van der Waals surface area contributed by atoms with Crippen LogP contribution in [0.4, 0.5) is 0 Å². The molecule has 3 rings (SSSR count). The van der Waals surface area contributed by atoms with Crippen molar-refractivity contribution < 1.29 is 5.11 Å². The zero-order chi connectivity index (χ0) is 9.54. The molecule has 1 aromatic rings. The summed E-state index contributed by atoms with van der Waals surface area (Å²) in [6, 6.07) is 0. The van der Waals surface area contributed by atoms with E-state index in [2.05, 4.69) is 4.98 Å². The Labute approximate surface area is 88.0 Å². The molecule has 14 heavy (non-hydrogen) atoms. The third kappa shape index (κ3) is 1.59. The van der Waals surface area contributed by atoms with Gasteiger partial charge in [-0.25, -0.2) is 0 Å². The molecule has 2 saturated carbocycles. The lowest BCUT2D eigenvalue weighted by atomic mass is 9.94. The Kier molecular flexibility index (Phi) is 2.10. The lowest BCUT2D eigenvalue weighted by Gasteiger charge is -2.18. The normalized spacial score (nSPS) is 36.8. The second-order valence-electron chi connectivity index (χ2n) is 4.73. The van der Waals surface area contributed by atoms with E-state index in [9.17, 15) is 5.11 Å². The molecular formula is C11H15NOS. The van der Waals surface area contributed by atoms with Crippen LogP contribution in [-0.2, 0) is 6.42 Å². The molecular weight excluding hydrogens is 194 g/mol. The van der Waals surface area contributed by atoms with Gasteiger partial charge in [0.25, 0.3) is 0 Å². The van der Waals surface area contributed by atoms with E-state index in [1.165, 1.54) is 24.1 Å². The maximum absolute atomic E-state index is 10.0. The van der Waals surface area contributed by atoms with Crippen LogP contribution in [0.2, 0.25) is 0 Å². The summed E-state index contributed by atoms with van der Waals surface area (Å²) in [5.74, 6) is 2.51. The Morgan fingerprint density at radius 2 is 2.21 bits per heavy atom. The predicted molar refractivity (Wildman–Crippen MR) is 56.1 cm³/mol. The summed E-state index contributed by atoms with van der Waals surface area (Å²) in [5.41, 5.74) is 1.84. The van der Waals surface area contributed by atoms with Gasteiger partial charge >= 0.3 is 0 Å². The number of aromatic nitrogens is 1. The molecule has 76 valence electrons. The summed E-state index contributed by atoms with van der Waals surface area (Å²) in [6.45, 7) is 0. The summed E-state index contributed by atoms with van der Waals surface area (Å²) < 4.78 is 0. The van der Waals surface area contributed by atoms with Gasteiger partial charge in [-0.2, -0.15) is 0 Å². The molecule has 0 bridgehead atoms. The molecule has 0 saturated heterocycles. The van der Waals surface area contributed by atoms with Crippen molar-refractivity contribution in [1.29, 1.82) is 0 Å². The highest BCUT2D eigenvalue weighted by atomic mass is 32.1. The standard InChI is InChI=1S/C11H15NOS/c13-11(4-10-5-12-6-14-10)9-2-7-1-8(7)3-9/h5-9,11,13H,1-4H2. The van der Waals surface area contributed by atoms with Gasteiger partial charge in [0.05, 0.1) is 11.6 Å². The van der Waals surface area contributed by atoms with E-state index in [4.69, 9.17) is 0 Å². The number of thiazole rings is 1. The molecule has 3 unspecified atom stereocenters. The van der Waals surface area contributed by atoms with Crippen LogP contribution in [0.25, 0.3) is 0 Å². The average molecular weight is 209 g/mol. The molecule has 3 heteroatoms. The van der Waals surface area contributed by atoms with E-state index in [-0.39, 0.29) is 6.10 Å². The third-order valence-electron chi connectivity index (χ3n) is 3.72. The van der Waals surface area contributed by atoms with E-state index >= 15 is 0 Å². The summed E-state index contributed by atoms with van der Waals surface area (Å²) in [5, 5.41) is 10.0. The molecule has 1 heterocycles. The van der Waals surface area contributed by atoms with Crippen LogP contribution >= 0.6 is 11.3 Å². The number of nitrogens with zero attached hydrogens (tertiary/aromatic N) is 1. The van der Waals surface area contributed by atoms with Crippen LogP contribution in [-0.4, -0.2) is 16.2 Å². The Morgan fingerprint density at radius 1 is 1.43 bits per heavy atom. The van der Waals surface area contributed by atoms with Crippen molar-refractivity contribution >= 4 is 11.3 Å². The Morgan fingerprint density at radius 3 is 2.86 bits per heavy atom. The van der Waals surface area contributed by atoms with Gasteiger partial charge in [0, 0.05) is 17.5 Å². The van der Waals surface area contributed by atoms with Crippen LogP contribution in [0.5, 0.6) is 0 Å². The molecule has 1 N–H and O–H groups in total. The fraction of sp³-hybridized carbons (Fsp3) is 0.727. The summed E-state index contributed by atoms with van der Waals surface area (Å²) in [7, 11) is 0. The Hall–Kier alpha value is -0.410. The maximum Gasteiger partial charge on any atom is 0.0794 e. The molecule has 3 atom stereocenters. The van der Waals surface area contributed by atoms with Crippen LogP contribution in [0.1, 0.15) is 24.1 Å². The molecule has 2 nitrogen and oxygen atoms in total. The van der Waals surface area contributed by atoms with Crippen molar-refractivity contribution in [3.8, 4) is 0 Å². The number of aliphatic hydroxyl groups is 1. The van der Waals surface area contributed by atoms with Crippen molar-refractivity contribution in [2.75, 3.05) is 0 Å². The monoisotopic (exact) mass is 209 g/mol. The first-order valence-corrected chi connectivity index (χ1v) is 6.26. The Balaban J connectivity index is 1.58. The molecule has 0 amide bonds. The summed E-state index contributed by atoms with van der Waals surface area (Å²) >= 11 is 1.65. The first kappa shape index (κ1) is 8.86. The minimum Gasteiger partial charge on any atom is -0.392 e. The lowest BCUT2D eigenvalue weighted by Crippen LogP contribution is -2.21. The molecule has 0 aromatic carbocycles. The number of rotatable bonds is 3. The minimum atomic E-state index is -0.122. The molecule has 0 spiro atoms. The fourth-order valence-electron chi connectivity index (χ4n) is 2.79. The van der Waals surface area contributed by atoms with Gasteiger partial charge in [0.1, 0.15) is 0 Å². The molecule has 2 fully saturated rings. The zero-order valence-corrected chi connectivity index (χ0v) is 8.91. The zero-order valence-electron chi connectivity index (χ0n) is 8.10. The van der Waals surface area contributed by atoms with Gasteiger partial charge in [-0.3, -0.25) is 4.98 Å². The van der Waals surface area contributed by atoms with E-state index in [1.807, 2.05) is 11.7 Å². The molecule has 0 radical (unpaired) electrons. The maximum atomic E-state index is 10.0. The van der Waals surface area contributed by atoms with Crippen molar-refractivity contribution in [2.45, 2.75) is 31.8 Å². The predicted octanol–water partition coefficient (Wildman–Crippen LogP) is 2.09. The topological polar surface area (TPSA) is 33.1 Å². The van der Waals surface area contributed by atoms with Gasteiger partial charge in [-0.1, -0.05) is 0 Å². The molecule has 2 aliphatic carbocycles. The van der Waals surface area contributed by atoms with E-state index in [1.54, 1.807) is 11.3 Å². The van der Waals surface area contributed by atoms with Crippen molar-refractivity contribution in [3.05, 3.63) is 16.6 Å². The second-order valence-corrected chi connectivity index (χ2v) is 5.70. The quantitative estimate of drug-likeness (QED) is 0.827. The number of fused-ring (bicyclic) bond motifs is 1. The fourth-order valence-corrected chi connectivity index (χ4v) is 3.44. The van der Waals surface area contributed by atoms with Crippen LogP contribution in [0.3, 0.4) is 0 Å². The molecule has 0 aliphatic heterocycles. The van der Waals surface area contributed by atoms with Gasteiger partial charge in [-0.15, -0.1) is 11.3 Å². The number of hydrogen-bond donors (Lipinski definition) is 1. The summed E-state index contributed by atoms with van der Waals surface area (Å²) in [6.07, 6.45) is 6.54. The Bertz CT molecular complexity index is 301. The van der Waals surface area contributed by atoms with Crippen molar-refractivity contribution in [2.24, 2.45) is 17.8 Å². The highest BCUT2D eigenvalue weighted by Gasteiger charge is 2.47. The number of aliphatic hydroxyl groups excluding tert-OH is 1. The second kappa shape index (κ2) is 3.31. The smallest absolute Gasteiger partial charge is 0.0794 e. The molecule has 2 aliphatic rings. The first-order chi connectivity index (χ1) is 6.83. The van der Waals surface area contributed by atoms with Crippen LogP contribution in [0, 0.1) is 17.8 Å². The highest BCUT2D eigenvalue weighted by Crippen LogP contribution is 2.55. The van der Waals surface area contributed by atoms with Gasteiger partial charge < -0.3 is 5.11 Å². The van der Waals surface area contributed by atoms with Crippen molar-refractivity contribution in [1.82, 2.24) is 4.98 Å². The van der Waals surface area contributed by atoms with Crippen LogP contribution < -0.4 is 0 Å². The van der Waals surface area contributed by atoms with Gasteiger partial charge in [-0.05, 0) is 37.0 Å². The SMILES string of the molecule is OC(Cc1cncs1)C1CC2CC2C1. The van der Waals surface area contributed by atoms with E-state index < -0.39 is 0 Å². The van der Waals surface area contributed by atoms with Gasteiger partial charge in [0.15, 0.2) is 0 Å². The van der Waals surface area contributed by atoms with E-state index in [0.717, 1.165) is 18.3 Å². The van der Waals surface area contributed by atoms with Crippen LogP contribution in [0.15, 0.2) is 11.7 Å². The van der Waals surface area contributed by atoms with Crippen molar-refractivity contribution in [3.63, 3.8) is 0 Å². The highest BCUT2D eigenvalue weighted by molar-refractivity contribution is 7.09. The summed E-state index contributed by atoms with van der Waals surface area (Å²) in [4.78, 5) is 5.25. The lowest BCUT2D eigenvalue weighted by molar-refractivity contribution is 0.105. The number of hydrogen-bond acceptors (Lipinski definition) is 3. The largest absolute Gasteiger partial charge is 0.392 e. The van der Waals surface area contributed by atoms with E-state index in [0.29, 0.717) is 5.92 Å². The minimum absolute atomic E-state index is 0.122. The molecule has 1 aromatic heterocycles. The third-order valence-corrected chi connectivity index (χ3v) is 4.52.